The Balaban J connectivity index is 1.38. The summed E-state index contributed by atoms with van der Waals surface area (Å²) in [5.41, 5.74) is 6.53. The molecule has 0 radical (unpaired) electrons. The number of aryl methyl sites for hydroxylation is 1. The van der Waals surface area contributed by atoms with Gasteiger partial charge in [0.2, 0.25) is 6.79 Å². The van der Waals surface area contributed by atoms with Crippen LogP contribution in [-0.4, -0.2) is 47.7 Å². The zero-order valence-corrected chi connectivity index (χ0v) is 20.8. The molecule has 6 rings (SSSR count). The summed E-state index contributed by atoms with van der Waals surface area (Å²) in [4.78, 5) is 9.36. The molecule has 4 aromatic rings. The lowest BCUT2D eigenvalue weighted by Gasteiger charge is -2.38. The van der Waals surface area contributed by atoms with Crippen molar-refractivity contribution in [1.29, 1.82) is 0 Å². The van der Waals surface area contributed by atoms with Gasteiger partial charge in [0.1, 0.15) is 0 Å². The van der Waals surface area contributed by atoms with E-state index in [2.05, 4.69) is 40.8 Å². The summed E-state index contributed by atoms with van der Waals surface area (Å²) in [6.45, 7) is 8.63. The maximum absolute atomic E-state index is 6.40. The molecule has 0 unspecified atom stereocenters. The van der Waals surface area contributed by atoms with E-state index in [0.29, 0.717) is 6.54 Å². The smallest absolute Gasteiger partial charge is 0.231 e. The highest BCUT2D eigenvalue weighted by Crippen LogP contribution is 2.48. The fraction of sp³-hybridized carbons (Fsp3) is 0.333. The van der Waals surface area contributed by atoms with Crippen molar-refractivity contribution in [2.24, 2.45) is 0 Å². The fourth-order valence-corrected chi connectivity index (χ4v) is 5.34. The lowest BCUT2D eigenvalue weighted by atomic mass is 10.1. The van der Waals surface area contributed by atoms with Crippen LogP contribution in [-0.2, 0) is 13.0 Å². The molecule has 180 valence electrons. The van der Waals surface area contributed by atoms with Gasteiger partial charge in [-0.2, -0.15) is 5.10 Å². The minimum absolute atomic E-state index is 0.242. The Labute approximate surface area is 209 Å². The molecule has 8 heteroatoms. The normalized spacial score (nSPS) is 15.3. The fourth-order valence-electron chi connectivity index (χ4n) is 5.17. The zero-order chi connectivity index (χ0) is 23.9. The molecule has 2 aromatic carbocycles. The van der Waals surface area contributed by atoms with Gasteiger partial charge in [0.25, 0.3) is 0 Å². The SMILES string of the molecule is CCc1nn(Cc2ccccn2)c2cc3c(c(N4CCN(c5cccc(Cl)c5C)CC4)c12)OCO3. The first-order valence-corrected chi connectivity index (χ1v) is 12.5. The predicted octanol–water partition coefficient (Wildman–Crippen LogP) is 5.06. The Morgan fingerprint density at radius 1 is 1.00 bits per heavy atom. The molecule has 2 aliphatic rings. The van der Waals surface area contributed by atoms with E-state index in [1.54, 1.807) is 0 Å². The molecule has 1 fully saturated rings. The third kappa shape index (κ3) is 3.84. The maximum Gasteiger partial charge on any atom is 0.231 e. The Hall–Kier alpha value is -3.45. The number of nitrogens with zero attached hydrogens (tertiary/aromatic N) is 5. The van der Waals surface area contributed by atoms with Crippen molar-refractivity contribution in [2.75, 3.05) is 42.8 Å². The standard InChI is InChI=1S/C27H28ClN5O2/c1-3-21-25-23(33(30-21)16-19-7-4-5-10-29-19)15-24-27(35-17-34-24)26(25)32-13-11-31(12-14-32)22-9-6-8-20(28)18(22)2/h4-10,15H,3,11-14,16-17H2,1-2H3. The molecule has 0 spiro atoms. The molecule has 0 N–H and O–H groups in total. The van der Waals surface area contributed by atoms with Gasteiger partial charge < -0.3 is 19.3 Å². The van der Waals surface area contributed by atoms with E-state index in [0.717, 1.165) is 82.7 Å². The highest BCUT2D eigenvalue weighted by Gasteiger charge is 2.31. The van der Waals surface area contributed by atoms with Gasteiger partial charge in [0.05, 0.1) is 34.5 Å². The molecular formula is C27H28ClN5O2. The summed E-state index contributed by atoms with van der Waals surface area (Å²) < 4.78 is 13.9. The van der Waals surface area contributed by atoms with E-state index >= 15 is 0 Å². The quantitative estimate of drug-likeness (QED) is 0.390. The molecular weight excluding hydrogens is 462 g/mol. The number of rotatable bonds is 5. The number of anilines is 2. The first kappa shape index (κ1) is 22.0. The van der Waals surface area contributed by atoms with E-state index < -0.39 is 0 Å². The van der Waals surface area contributed by atoms with Crippen LogP contribution in [0.25, 0.3) is 10.9 Å². The van der Waals surface area contributed by atoms with Crippen LogP contribution < -0.4 is 19.3 Å². The molecule has 4 heterocycles. The minimum Gasteiger partial charge on any atom is -0.453 e. The van der Waals surface area contributed by atoms with E-state index in [1.807, 2.05) is 41.2 Å². The van der Waals surface area contributed by atoms with E-state index in [4.69, 9.17) is 26.2 Å². The van der Waals surface area contributed by atoms with Crippen LogP contribution in [0.3, 0.4) is 0 Å². The lowest BCUT2D eigenvalue weighted by molar-refractivity contribution is 0.174. The van der Waals surface area contributed by atoms with Crippen molar-refractivity contribution in [3.05, 3.63) is 70.6 Å². The van der Waals surface area contributed by atoms with Gasteiger partial charge in [-0.3, -0.25) is 9.67 Å². The summed E-state index contributed by atoms with van der Waals surface area (Å²) in [6, 6.07) is 14.2. The molecule has 7 nitrogen and oxygen atoms in total. The Morgan fingerprint density at radius 3 is 2.60 bits per heavy atom. The molecule has 2 aromatic heterocycles. The summed E-state index contributed by atoms with van der Waals surface area (Å²) in [5, 5.41) is 6.96. The van der Waals surface area contributed by atoms with Crippen molar-refractivity contribution in [1.82, 2.24) is 14.8 Å². The summed E-state index contributed by atoms with van der Waals surface area (Å²) in [7, 11) is 0. The first-order valence-electron chi connectivity index (χ1n) is 12.1. The van der Waals surface area contributed by atoms with Crippen molar-refractivity contribution in [3.63, 3.8) is 0 Å². The zero-order valence-electron chi connectivity index (χ0n) is 20.0. The Morgan fingerprint density at radius 2 is 1.83 bits per heavy atom. The van der Waals surface area contributed by atoms with Crippen molar-refractivity contribution < 1.29 is 9.47 Å². The van der Waals surface area contributed by atoms with Crippen LogP contribution in [0.5, 0.6) is 11.5 Å². The molecule has 1 saturated heterocycles. The molecule has 0 bridgehead atoms. The average Bonchev–Trinajstić information content (AvgIpc) is 3.50. The largest absolute Gasteiger partial charge is 0.453 e. The number of piperazine rings is 1. The lowest BCUT2D eigenvalue weighted by Crippen LogP contribution is -2.47. The molecule has 0 aliphatic carbocycles. The molecule has 2 aliphatic heterocycles. The number of hydrogen-bond acceptors (Lipinski definition) is 6. The van der Waals surface area contributed by atoms with Gasteiger partial charge in [-0.15, -0.1) is 0 Å². The number of fused-ring (bicyclic) bond motifs is 2. The second kappa shape index (κ2) is 8.96. The molecule has 35 heavy (non-hydrogen) atoms. The number of halogens is 1. The van der Waals surface area contributed by atoms with Gasteiger partial charge in [0.15, 0.2) is 11.5 Å². The van der Waals surface area contributed by atoms with Crippen LogP contribution in [0.15, 0.2) is 48.7 Å². The summed E-state index contributed by atoms with van der Waals surface area (Å²) >= 11 is 6.40. The van der Waals surface area contributed by atoms with E-state index in [1.165, 1.54) is 5.69 Å². The maximum atomic E-state index is 6.40. The topological polar surface area (TPSA) is 55.7 Å². The van der Waals surface area contributed by atoms with Gasteiger partial charge in [-0.25, -0.2) is 0 Å². The summed E-state index contributed by atoms with van der Waals surface area (Å²) in [6.07, 6.45) is 2.66. The highest BCUT2D eigenvalue weighted by atomic mass is 35.5. The van der Waals surface area contributed by atoms with Crippen LogP contribution in [0, 0.1) is 6.92 Å². The van der Waals surface area contributed by atoms with Gasteiger partial charge >= 0.3 is 0 Å². The van der Waals surface area contributed by atoms with Crippen molar-refractivity contribution in [2.45, 2.75) is 26.8 Å². The van der Waals surface area contributed by atoms with Gasteiger partial charge in [-0.1, -0.05) is 30.7 Å². The monoisotopic (exact) mass is 489 g/mol. The van der Waals surface area contributed by atoms with E-state index in [-0.39, 0.29) is 6.79 Å². The summed E-state index contributed by atoms with van der Waals surface area (Å²) in [5.74, 6) is 1.61. The van der Waals surface area contributed by atoms with Crippen LogP contribution in [0.4, 0.5) is 11.4 Å². The second-order valence-corrected chi connectivity index (χ2v) is 9.40. The number of aromatic nitrogens is 3. The highest BCUT2D eigenvalue weighted by molar-refractivity contribution is 6.31. The van der Waals surface area contributed by atoms with Crippen LogP contribution >= 0.6 is 11.6 Å². The van der Waals surface area contributed by atoms with Crippen LogP contribution in [0.1, 0.15) is 23.9 Å². The third-order valence-corrected chi connectivity index (χ3v) is 7.38. The van der Waals surface area contributed by atoms with Gasteiger partial charge in [0, 0.05) is 49.2 Å². The van der Waals surface area contributed by atoms with E-state index in [9.17, 15) is 0 Å². The number of ether oxygens (including phenoxy) is 2. The van der Waals surface area contributed by atoms with Gasteiger partial charge in [-0.05, 0) is 43.2 Å². The minimum atomic E-state index is 0.242. The second-order valence-electron chi connectivity index (χ2n) is 8.99. The first-order chi connectivity index (χ1) is 17.1. The Bertz CT molecular complexity index is 1380. The molecule has 0 saturated carbocycles. The number of hydrogen-bond donors (Lipinski definition) is 0. The van der Waals surface area contributed by atoms with Crippen LogP contribution in [0.2, 0.25) is 5.02 Å². The average molecular weight is 490 g/mol. The Kier molecular flexibility index (Phi) is 5.65. The third-order valence-electron chi connectivity index (χ3n) is 6.97. The predicted molar refractivity (Wildman–Crippen MR) is 139 cm³/mol. The number of benzene rings is 2. The molecule has 0 atom stereocenters. The molecule has 0 amide bonds. The number of pyridine rings is 1. The van der Waals surface area contributed by atoms with Crippen molar-refractivity contribution in [3.8, 4) is 11.5 Å². The van der Waals surface area contributed by atoms with Crippen molar-refractivity contribution >= 4 is 33.9 Å².